The molecular formula is C23H27ClN4O2. The summed E-state index contributed by atoms with van der Waals surface area (Å²) < 4.78 is 1.47. The van der Waals surface area contributed by atoms with Crippen molar-refractivity contribution < 1.29 is 4.79 Å². The van der Waals surface area contributed by atoms with Crippen LogP contribution in [0.1, 0.15) is 28.8 Å². The summed E-state index contributed by atoms with van der Waals surface area (Å²) in [6, 6.07) is 9.82. The number of amides is 1. The number of carbonyl (C=O) groups is 1. The fraction of sp³-hybridized carbons (Fsp3) is 0.391. The summed E-state index contributed by atoms with van der Waals surface area (Å²) in [5.41, 5.74) is 2.15. The summed E-state index contributed by atoms with van der Waals surface area (Å²) in [6.07, 6.45) is 5.47. The first-order valence-electron chi connectivity index (χ1n) is 10.3. The standard InChI is InChI=1S/C23H27ClN4O2/c1-26(22(29)20-15-27(2)23(30)21-19(20)6-9-25-21)13-16-7-10-28(11-8-16)14-17-4-3-5-18(24)12-17/h3-6,9,12,15-16,25H,7-8,10-11,13-14H2,1-2H3. The summed E-state index contributed by atoms with van der Waals surface area (Å²) in [5, 5.41) is 1.46. The molecule has 0 spiro atoms. The van der Waals surface area contributed by atoms with Crippen LogP contribution in [-0.2, 0) is 13.6 Å². The number of halogens is 1. The van der Waals surface area contributed by atoms with E-state index in [1.54, 1.807) is 30.4 Å². The van der Waals surface area contributed by atoms with Crippen molar-refractivity contribution in [3.8, 4) is 0 Å². The number of aryl methyl sites for hydroxylation is 1. The smallest absolute Gasteiger partial charge is 0.274 e. The van der Waals surface area contributed by atoms with Gasteiger partial charge in [-0.15, -0.1) is 0 Å². The lowest BCUT2D eigenvalue weighted by Gasteiger charge is -2.34. The summed E-state index contributed by atoms with van der Waals surface area (Å²) in [5.74, 6) is 0.431. The molecule has 7 heteroatoms. The number of fused-ring (bicyclic) bond motifs is 1. The number of nitrogens with zero attached hydrogens (tertiary/aromatic N) is 3. The summed E-state index contributed by atoms with van der Waals surface area (Å²) in [6.45, 7) is 3.66. The highest BCUT2D eigenvalue weighted by Crippen LogP contribution is 2.22. The molecule has 0 radical (unpaired) electrons. The maximum atomic E-state index is 13.1. The van der Waals surface area contributed by atoms with Gasteiger partial charge in [-0.2, -0.15) is 0 Å². The van der Waals surface area contributed by atoms with Gasteiger partial charge in [0.2, 0.25) is 0 Å². The minimum Gasteiger partial charge on any atom is -0.357 e. The highest BCUT2D eigenvalue weighted by Gasteiger charge is 2.24. The molecule has 1 aromatic carbocycles. The highest BCUT2D eigenvalue weighted by atomic mass is 35.5. The molecule has 1 N–H and O–H groups in total. The van der Waals surface area contributed by atoms with E-state index in [0.29, 0.717) is 22.4 Å². The Bertz CT molecular complexity index is 1110. The molecule has 1 saturated heterocycles. The Morgan fingerprint density at radius 2 is 2.03 bits per heavy atom. The molecule has 0 unspecified atom stereocenters. The zero-order chi connectivity index (χ0) is 21.3. The van der Waals surface area contributed by atoms with Crippen molar-refractivity contribution in [3.05, 3.63) is 69.2 Å². The van der Waals surface area contributed by atoms with Gasteiger partial charge in [-0.25, -0.2) is 0 Å². The van der Waals surface area contributed by atoms with Crippen LogP contribution >= 0.6 is 11.6 Å². The van der Waals surface area contributed by atoms with Crippen LogP contribution in [0.3, 0.4) is 0 Å². The molecule has 30 heavy (non-hydrogen) atoms. The molecule has 2 aromatic heterocycles. The van der Waals surface area contributed by atoms with Gasteiger partial charge in [0.15, 0.2) is 0 Å². The van der Waals surface area contributed by atoms with E-state index in [4.69, 9.17) is 11.6 Å². The van der Waals surface area contributed by atoms with Gasteiger partial charge in [-0.3, -0.25) is 14.5 Å². The number of rotatable bonds is 5. The fourth-order valence-corrected chi connectivity index (χ4v) is 4.55. The Morgan fingerprint density at radius 1 is 1.27 bits per heavy atom. The first kappa shape index (κ1) is 20.7. The van der Waals surface area contributed by atoms with E-state index in [9.17, 15) is 9.59 Å². The van der Waals surface area contributed by atoms with E-state index < -0.39 is 0 Å². The van der Waals surface area contributed by atoms with Gasteiger partial charge < -0.3 is 14.5 Å². The number of piperidine rings is 1. The third-order valence-electron chi connectivity index (χ3n) is 6.01. The number of benzene rings is 1. The molecule has 0 saturated carbocycles. The van der Waals surface area contributed by atoms with Crippen LogP contribution in [0.5, 0.6) is 0 Å². The van der Waals surface area contributed by atoms with Crippen LogP contribution in [0.4, 0.5) is 0 Å². The first-order chi connectivity index (χ1) is 14.4. The van der Waals surface area contributed by atoms with Crippen LogP contribution in [0, 0.1) is 5.92 Å². The summed E-state index contributed by atoms with van der Waals surface area (Å²) in [7, 11) is 3.53. The predicted molar refractivity (Wildman–Crippen MR) is 120 cm³/mol. The number of nitrogens with one attached hydrogen (secondary N) is 1. The van der Waals surface area contributed by atoms with Crippen LogP contribution in [0.2, 0.25) is 5.02 Å². The lowest BCUT2D eigenvalue weighted by Crippen LogP contribution is -2.39. The highest BCUT2D eigenvalue weighted by molar-refractivity contribution is 6.30. The number of hydrogen-bond acceptors (Lipinski definition) is 3. The zero-order valence-corrected chi connectivity index (χ0v) is 18.2. The Morgan fingerprint density at radius 3 is 2.77 bits per heavy atom. The Labute approximate surface area is 181 Å². The van der Waals surface area contributed by atoms with Crippen LogP contribution in [-0.4, -0.2) is 51.9 Å². The van der Waals surface area contributed by atoms with Crippen molar-refractivity contribution in [1.29, 1.82) is 0 Å². The number of likely N-dealkylation sites (tertiary alicyclic amines) is 1. The minimum absolute atomic E-state index is 0.0449. The molecule has 1 fully saturated rings. The van der Waals surface area contributed by atoms with E-state index >= 15 is 0 Å². The molecule has 1 aliphatic rings. The van der Waals surface area contributed by atoms with Crippen molar-refractivity contribution in [1.82, 2.24) is 19.4 Å². The quantitative estimate of drug-likeness (QED) is 0.679. The number of carbonyl (C=O) groups excluding carboxylic acids is 1. The van der Waals surface area contributed by atoms with Gasteiger partial charge in [0.25, 0.3) is 11.5 Å². The predicted octanol–water partition coefficient (Wildman–Crippen LogP) is 3.50. The minimum atomic E-state index is -0.124. The second kappa shape index (κ2) is 8.66. The summed E-state index contributed by atoms with van der Waals surface area (Å²) in [4.78, 5) is 32.5. The average Bonchev–Trinajstić information content (AvgIpc) is 3.22. The van der Waals surface area contributed by atoms with Gasteiger partial charge in [0.1, 0.15) is 5.52 Å². The second-order valence-corrected chi connectivity index (χ2v) is 8.70. The Kier molecular flexibility index (Phi) is 5.97. The van der Waals surface area contributed by atoms with Gasteiger partial charge in [-0.05, 0) is 55.6 Å². The van der Waals surface area contributed by atoms with Gasteiger partial charge in [-0.1, -0.05) is 23.7 Å². The van der Waals surface area contributed by atoms with Crippen molar-refractivity contribution in [2.24, 2.45) is 13.0 Å². The molecule has 0 atom stereocenters. The largest absolute Gasteiger partial charge is 0.357 e. The van der Waals surface area contributed by atoms with E-state index in [1.165, 1.54) is 10.1 Å². The number of hydrogen-bond donors (Lipinski definition) is 1. The van der Waals surface area contributed by atoms with E-state index in [2.05, 4.69) is 16.0 Å². The van der Waals surface area contributed by atoms with Crippen molar-refractivity contribution in [2.75, 3.05) is 26.7 Å². The third-order valence-corrected chi connectivity index (χ3v) is 6.24. The van der Waals surface area contributed by atoms with Crippen molar-refractivity contribution in [2.45, 2.75) is 19.4 Å². The normalized spacial score (nSPS) is 15.6. The lowest BCUT2D eigenvalue weighted by atomic mass is 9.95. The fourth-order valence-electron chi connectivity index (χ4n) is 4.34. The number of pyridine rings is 1. The van der Waals surface area contributed by atoms with Crippen molar-refractivity contribution >= 4 is 28.4 Å². The lowest BCUT2D eigenvalue weighted by molar-refractivity contribution is 0.0738. The zero-order valence-electron chi connectivity index (χ0n) is 17.4. The molecule has 4 rings (SSSR count). The Balaban J connectivity index is 1.37. The van der Waals surface area contributed by atoms with Gasteiger partial charge in [0.05, 0.1) is 5.56 Å². The van der Waals surface area contributed by atoms with Gasteiger partial charge >= 0.3 is 0 Å². The maximum Gasteiger partial charge on any atom is 0.274 e. The molecule has 158 valence electrons. The number of aromatic nitrogens is 2. The molecule has 1 aliphatic heterocycles. The monoisotopic (exact) mass is 426 g/mol. The molecule has 0 aliphatic carbocycles. The van der Waals surface area contributed by atoms with E-state index in [-0.39, 0.29) is 11.5 Å². The molecule has 6 nitrogen and oxygen atoms in total. The van der Waals surface area contributed by atoms with E-state index in [0.717, 1.165) is 44.0 Å². The number of aromatic amines is 1. The average molecular weight is 427 g/mol. The third kappa shape index (κ3) is 4.30. The van der Waals surface area contributed by atoms with Crippen molar-refractivity contribution in [3.63, 3.8) is 0 Å². The number of H-pyrrole nitrogens is 1. The van der Waals surface area contributed by atoms with E-state index in [1.807, 2.05) is 25.2 Å². The topological polar surface area (TPSA) is 61.3 Å². The SMILES string of the molecule is CN(CC1CCN(Cc2cccc(Cl)c2)CC1)C(=O)c1cn(C)c(=O)c2[nH]ccc12. The Hall–Kier alpha value is -2.57. The van der Waals surface area contributed by atoms with Crippen LogP contribution in [0.25, 0.3) is 10.9 Å². The van der Waals surface area contributed by atoms with Crippen LogP contribution in [0.15, 0.2) is 47.5 Å². The van der Waals surface area contributed by atoms with Crippen LogP contribution < -0.4 is 5.56 Å². The molecular weight excluding hydrogens is 400 g/mol. The molecule has 3 heterocycles. The molecule has 3 aromatic rings. The molecule has 1 amide bonds. The second-order valence-electron chi connectivity index (χ2n) is 8.26. The maximum absolute atomic E-state index is 13.1. The first-order valence-corrected chi connectivity index (χ1v) is 10.7. The van der Waals surface area contributed by atoms with Gasteiger partial charge in [0, 0.05) is 50.0 Å². The summed E-state index contributed by atoms with van der Waals surface area (Å²) >= 11 is 6.09. The molecule has 0 bridgehead atoms.